The molecule has 0 aliphatic carbocycles. The maximum absolute atomic E-state index is 8.89. The molecule has 1 aromatic rings. The van der Waals surface area contributed by atoms with E-state index in [0.29, 0.717) is 17.9 Å². The molecule has 0 N–H and O–H groups in total. The van der Waals surface area contributed by atoms with Gasteiger partial charge in [-0.2, -0.15) is 5.26 Å². The third-order valence-corrected chi connectivity index (χ3v) is 2.29. The second kappa shape index (κ2) is 5.57. The molecule has 1 aromatic carbocycles. The number of nitriles is 1. The number of hydrogen-bond acceptors (Lipinski definition) is 2. The van der Waals surface area contributed by atoms with Crippen molar-refractivity contribution in [1.82, 2.24) is 0 Å². The predicted molar refractivity (Wildman–Crippen MR) is 63.8 cm³/mol. The molecule has 0 fully saturated rings. The topological polar surface area (TPSA) is 33.0 Å². The van der Waals surface area contributed by atoms with Crippen molar-refractivity contribution in [3.63, 3.8) is 0 Å². The van der Waals surface area contributed by atoms with E-state index in [2.05, 4.69) is 22.0 Å². The molecule has 1 rings (SSSR count). The van der Waals surface area contributed by atoms with Crippen LogP contribution in [0.1, 0.15) is 19.4 Å². The van der Waals surface area contributed by atoms with Crippen LogP contribution in [-0.4, -0.2) is 6.61 Å². The molecule has 2 nitrogen and oxygen atoms in total. The Morgan fingerprint density at radius 3 is 2.87 bits per heavy atom. The Balaban J connectivity index is 2.78. The maximum atomic E-state index is 8.89. The SMILES string of the molecule is CC(C)=CCOc1ccc(Br)cc1C#N. The molecule has 78 valence electrons. The summed E-state index contributed by atoms with van der Waals surface area (Å²) >= 11 is 3.31. The highest BCUT2D eigenvalue weighted by atomic mass is 79.9. The zero-order valence-corrected chi connectivity index (χ0v) is 10.3. The molecule has 0 heterocycles. The number of hydrogen-bond donors (Lipinski definition) is 0. The van der Waals surface area contributed by atoms with E-state index in [0.717, 1.165) is 4.47 Å². The number of halogens is 1. The molecule has 0 amide bonds. The van der Waals surface area contributed by atoms with Crippen molar-refractivity contribution in [2.24, 2.45) is 0 Å². The number of allylic oxidation sites excluding steroid dienone is 1. The van der Waals surface area contributed by atoms with Crippen LogP contribution >= 0.6 is 15.9 Å². The quantitative estimate of drug-likeness (QED) is 0.782. The van der Waals surface area contributed by atoms with E-state index in [1.807, 2.05) is 26.0 Å². The van der Waals surface area contributed by atoms with Gasteiger partial charge in [-0.1, -0.05) is 21.5 Å². The first-order chi connectivity index (χ1) is 7.13. The van der Waals surface area contributed by atoms with Crippen molar-refractivity contribution in [1.29, 1.82) is 5.26 Å². The largest absolute Gasteiger partial charge is 0.488 e. The zero-order valence-electron chi connectivity index (χ0n) is 8.75. The molecule has 15 heavy (non-hydrogen) atoms. The van der Waals surface area contributed by atoms with Gasteiger partial charge >= 0.3 is 0 Å². The van der Waals surface area contributed by atoms with Crippen LogP contribution in [0.5, 0.6) is 5.75 Å². The van der Waals surface area contributed by atoms with Crippen LogP contribution in [0.3, 0.4) is 0 Å². The van der Waals surface area contributed by atoms with E-state index in [-0.39, 0.29) is 0 Å². The average molecular weight is 266 g/mol. The van der Waals surface area contributed by atoms with Gasteiger partial charge in [-0.3, -0.25) is 0 Å². The summed E-state index contributed by atoms with van der Waals surface area (Å²) in [5.74, 6) is 0.623. The molecule has 0 radical (unpaired) electrons. The van der Waals surface area contributed by atoms with Crippen LogP contribution < -0.4 is 4.74 Å². The fourth-order valence-electron chi connectivity index (χ4n) is 1.01. The van der Waals surface area contributed by atoms with Crippen LogP contribution in [0.15, 0.2) is 34.3 Å². The summed E-state index contributed by atoms with van der Waals surface area (Å²) in [5, 5.41) is 8.89. The molecule has 0 atom stereocenters. The Bertz CT molecular complexity index is 414. The van der Waals surface area contributed by atoms with E-state index in [1.165, 1.54) is 5.57 Å². The van der Waals surface area contributed by atoms with Crippen molar-refractivity contribution in [3.8, 4) is 11.8 Å². The van der Waals surface area contributed by atoms with Gasteiger partial charge in [0.05, 0.1) is 5.56 Å². The van der Waals surface area contributed by atoms with Gasteiger partial charge in [-0.25, -0.2) is 0 Å². The first-order valence-corrected chi connectivity index (χ1v) is 5.38. The number of nitrogens with zero attached hydrogens (tertiary/aromatic N) is 1. The van der Waals surface area contributed by atoms with Crippen molar-refractivity contribution >= 4 is 15.9 Å². The summed E-state index contributed by atoms with van der Waals surface area (Å²) in [7, 11) is 0. The summed E-state index contributed by atoms with van der Waals surface area (Å²) in [6, 6.07) is 7.50. The lowest BCUT2D eigenvalue weighted by Gasteiger charge is -2.05. The van der Waals surface area contributed by atoms with Crippen molar-refractivity contribution in [2.75, 3.05) is 6.61 Å². The first-order valence-electron chi connectivity index (χ1n) is 4.59. The third kappa shape index (κ3) is 3.77. The van der Waals surface area contributed by atoms with E-state index in [4.69, 9.17) is 10.00 Å². The predicted octanol–water partition coefficient (Wildman–Crippen LogP) is 3.67. The average Bonchev–Trinajstić information content (AvgIpc) is 2.19. The van der Waals surface area contributed by atoms with Crippen LogP contribution in [0.4, 0.5) is 0 Å². The zero-order chi connectivity index (χ0) is 11.3. The van der Waals surface area contributed by atoms with Gasteiger partial charge in [0.1, 0.15) is 18.4 Å². The molecule has 0 bridgehead atoms. The lowest BCUT2D eigenvalue weighted by atomic mass is 10.2. The Hall–Kier alpha value is -1.27. The van der Waals surface area contributed by atoms with Gasteiger partial charge in [-0.05, 0) is 38.1 Å². The van der Waals surface area contributed by atoms with Crippen molar-refractivity contribution < 1.29 is 4.74 Å². The van der Waals surface area contributed by atoms with E-state index < -0.39 is 0 Å². The summed E-state index contributed by atoms with van der Waals surface area (Å²) in [6.07, 6.45) is 1.98. The maximum Gasteiger partial charge on any atom is 0.137 e. The summed E-state index contributed by atoms with van der Waals surface area (Å²) < 4.78 is 6.36. The fourth-order valence-corrected chi connectivity index (χ4v) is 1.37. The molecule has 3 heteroatoms. The van der Waals surface area contributed by atoms with Gasteiger partial charge in [0.2, 0.25) is 0 Å². The molecule has 0 aliphatic rings. The highest BCUT2D eigenvalue weighted by molar-refractivity contribution is 9.10. The van der Waals surface area contributed by atoms with E-state index in [9.17, 15) is 0 Å². The second-order valence-corrected chi connectivity index (χ2v) is 4.26. The van der Waals surface area contributed by atoms with Gasteiger partial charge in [0, 0.05) is 4.47 Å². The number of benzene rings is 1. The second-order valence-electron chi connectivity index (χ2n) is 3.34. The molecule has 0 saturated carbocycles. The smallest absolute Gasteiger partial charge is 0.137 e. The first kappa shape index (κ1) is 11.8. The fraction of sp³-hybridized carbons (Fsp3) is 0.250. The van der Waals surface area contributed by atoms with Crippen LogP contribution in [0.25, 0.3) is 0 Å². The monoisotopic (exact) mass is 265 g/mol. The lowest BCUT2D eigenvalue weighted by molar-refractivity contribution is 0.361. The third-order valence-electron chi connectivity index (χ3n) is 1.79. The Morgan fingerprint density at radius 1 is 1.53 bits per heavy atom. The van der Waals surface area contributed by atoms with Gasteiger partial charge in [-0.15, -0.1) is 0 Å². The Kier molecular flexibility index (Phi) is 4.38. The highest BCUT2D eigenvalue weighted by Crippen LogP contribution is 2.22. The molecular weight excluding hydrogens is 254 g/mol. The lowest BCUT2D eigenvalue weighted by Crippen LogP contribution is -1.96. The summed E-state index contributed by atoms with van der Waals surface area (Å²) in [4.78, 5) is 0. The molecule has 0 spiro atoms. The molecule has 0 saturated heterocycles. The van der Waals surface area contributed by atoms with Crippen molar-refractivity contribution in [2.45, 2.75) is 13.8 Å². The minimum atomic E-state index is 0.499. The summed E-state index contributed by atoms with van der Waals surface area (Å²) in [6.45, 7) is 4.52. The minimum Gasteiger partial charge on any atom is -0.488 e. The minimum absolute atomic E-state index is 0.499. The molecule has 0 unspecified atom stereocenters. The highest BCUT2D eigenvalue weighted by Gasteiger charge is 2.02. The standard InChI is InChI=1S/C12H12BrNO/c1-9(2)5-6-15-12-4-3-11(13)7-10(12)8-14/h3-5,7H,6H2,1-2H3. The Morgan fingerprint density at radius 2 is 2.27 bits per heavy atom. The molecule has 0 aliphatic heterocycles. The number of rotatable bonds is 3. The van der Waals surface area contributed by atoms with Crippen LogP contribution in [0.2, 0.25) is 0 Å². The van der Waals surface area contributed by atoms with Gasteiger partial charge in [0.15, 0.2) is 0 Å². The van der Waals surface area contributed by atoms with Crippen molar-refractivity contribution in [3.05, 3.63) is 39.9 Å². The molecular formula is C12H12BrNO. The Labute approximate surface area is 98.3 Å². The van der Waals surface area contributed by atoms with Crippen LogP contribution in [0, 0.1) is 11.3 Å². The summed E-state index contributed by atoms with van der Waals surface area (Å²) in [5.41, 5.74) is 1.75. The number of ether oxygens (including phenoxy) is 1. The molecule has 0 aromatic heterocycles. The van der Waals surface area contributed by atoms with E-state index in [1.54, 1.807) is 12.1 Å². The van der Waals surface area contributed by atoms with Gasteiger partial charge in [0.25, 0.3) is 0 Å². The van der Waals surface area contributed by atoms with Crippen LogP contribution in [-0.2, 0) is 0 Å². The normalized spacial score (nSPS) is 9.20. The van der Waals surface area contributed by atoms with Gasteiger partial charge < -0.3 is 4.74 Å². The van der Waals surface area contributed by atoms with E-state index >= 15 is 0 Å².